The van der Waals surface area contributed by atoms with Crippen molar-refractivity contribution in [3.63, 3.8) is 0 Å². The molecule has 0 atom stereocenters. The number of anilines is 1. The van der Waals surface area contributed by atoms with Gasteiger partial charge in [0.1, 0.15) is 5.82 Å². The van der Waals surface area contributed by atoms with Gasteiger partial charge in [0, 0.05) is 26.2 Å². The monoisotopic (exact) mass is 273 g/mol. The van der Waals surface area contributed by atoms with E-state index in [0.717, 1.165) is 30.9 Å². The van der Waals surface area contributed by atoms with Gasteiger partial charge in [-0.2, -0.15) is 0 Å². The Balaban J connectivity index is 1.55. The maximum absolute atomic E-state index is 4.80. The number of hydrogen-bond donors (Lipinski definition) is 1. The number of hydrogen-bond acceptors (Lipinski definition) is 3. The molecule has 110 valence electrons. The molecule has 0 spiro atoms. The Hall–Kier alpha value is -1.09. The Labute approximate surface area is 122 Å². The van der Waals surface area contributed by atoms with Crippen LogP contribution in [0.25, 0.3) is 0 Å². The third kappa shape index (κ3) is 3.95. The molecule has 0 radical (unpaired) electrons. The van der Waals surface area contributed by atoms with Gasteiger partial charge in [-0.25, -0.2) is 4.98 Å². The van der Waals surface area contributed by atoms with Crippen LogP contribution < -0.4 is 10.2 Å². The quantitative estimate of drug-likeness (QED) is 0.861. The van der Waals surface area contributed by atoms with E-state index in [1.54, 1.807) is 0 Å². The zero-order valence-electron chi connectivity index (χ0n) is 12.6. The molecular weight excluding hydrogens is 246 g/mol. The predicted octanol–water partition coefficient (Wildman–Crippen LogP) is 3.35. The Kier molecular flexibility index (Phi) is 4.56. The van der Waals surface area contributed by atoms with Gasteiger partial charge in [-0.3, -0.25) is 0 Å². The minimum absolute atomic E-state index is 0.750. The zero-order valence-corrected chi connectivity index (χ0v) is 12.6. The second-order valence-corrected chi connectivity index (χ2v) is 6.53. The van der Waals surface area contributed by atoms with Crippen LogP contribution in [0.5, 0.6) is 0 Å². The SMILES string of the molecule is CN(CC1CCCCC1)c1cccc(CNC2CC2)n1. The highest BCUT2D eigenvalue weighted by Crippen LogP contribution is 2.25. The van der Waals surface area contributed by atoms with Crippen LogP contribution in [0, 0.1) is 5.92 Å². The topological polar surface area (TPSA) is 28.2 Å². The van der Waals surface area contributed by atoms with Gasteiger partial charge in [-0.05, 0) is 43.7 Å². The third-order valence-corrected chi connectivity index (χ3v) is 4.59. The molecule has 1 N–H and O–H groups in total. The Bertz CT molecular complexity index is 422. The van der Waals surface area contributed by atoms with Crippen molar-refractivity contribution in [1.29, 1.82) is 0 Å². The molecule has 0 saturated heterocycles. The third-order valence-electron chi connectivity index (χ3n) is 4.59. The minimum Gasteiger partial charge on any atom is -0.359 e. The lowest BCUT2D eigenvalue weighted by atomic mass is 9.89. The number of nitrogens with zero attached hydrogens (tertiary/aromatic N) is 2. The summed E-state index contributed by atoms with van der Waals surface area (Å²) in [6, 6.07) is 7.17. The van der Waals surface area contributed by atoms with Gasteiger partial charge in [0.05, 0.1) is 5.69 Å². The Morgan fingerprint density at radius 1 is 1.15 bits per heavy atom. The maximum atomic E-state index is 4.80. The number of pyridine rings is 1. The van der Waals surface area contributed by atoms with Gasteiger partial charge < -0.3 is 10.2 Å². The van der Waals surface area contributed by atoms with Crippen LogP contribution in [0.15, 0.2) is 18.2 Å². The van der Waals surface area contributed by atoms with Crippen LogP contribution in [0.2, 0.25) is 0 Å². The number of aromatic nitrogens is 1. The Morgan fingerprint density at radius 2 is 1.95 bits per heavy atom. The molecule has 1 heterocycles. The molecule has 2 fully saturated rings. The first-order valence-electron chi connectivity index (χ1n) is 8.22. The molecule has 0 amide bonds. The lowest BCUT2D eigenvalue weighted by Gasteiger charge is -2.27. The minimum atomic E-state index is 0.750. The van der Waals surface area contributed by atoms with Crippen LogP contribution in [-0.2, 0) is 6.54 Å². The van der Waals surface area contributed by atoms with E-state index in [0.29, 0.717) is 0 Å². The normalized spacial score (nSPS) is 20.1. The molecule has 3 nitrogen and oxygen atoms in total. The zero-order chi connectivity index (χ0) is 13.8. The summed E-state index contributed by atoms with van der Waals surface area (Å²) in [6.45, 7) is 2.07. The molecule has 1 aromatic rings. The summed E-state index contributed by atoms with van der Waals surface area (Å²) in [6.07, 6.45) is 9.72. The molecule has 2 aliphatic carbocycles. The summed E-state index contributed by atoms with van der Waals surface area (Å²) in [5.41, 5.74) is 1.17. The van der Waals surface area contributed by atoms with Crippen LogP contribution in [0.1, 0.15) is 50.6 Å². The van der Waals surface area contributed by atoms with Gasteiger partial charge in [0.2, 0.25) is 0 Å². The summed E-state index contributed by atoms with van der Waals surface area (Å²) >= 11 is 0. The highest BCUT2D eigenvalue weighted by atomic mass is 15.2. The largest absolute Gasteiger partial charge is 0.359 e. The van der Waals surface area contributed by atoms with E-state index in [9.17, 15) is 0 Å². The smallest absolute Gasteiger partial charge is 0.128 e. The van der Waals surface area contributed by atoms with E-state index in [4.69, 9.17) is 4.98 Å². The van der Waals surface area contributed by atoms with Crippen LogP contribution in [0.4, 0.5) is 5.82 Å². The fourth-order valence-electron chi connectivity index (χ4n) is 3.16. The van der Waals surface area contributed by atoms with Crippen molar-refractivity contribution in [2.75, 3.05) is 18.5 Å². The highest BCUT2D eigenvalue weighted by Gasteiger charge is 2.20. The molecule has 0 unspecified atom stereocenters. The van der Waals surface area contributed by atoms with Crippen LogP contribution in [0.3, 0.4) is 0 Å². The van der Waals surface area contributed by atoms with Gasteiger partial charge in [0.15, 0.2) is 0 Å². The standard InChI is InChI=1S/C17H27N3/c1-20(13-14-6-3-2-4-7-14)17-9-5-8-16(19-17)12-18-15-10-11-15/h5,8-9,14-15,18H,2-4,6-7,10-13H2,1H3. The highest BCUT2D eigenvalue weighted by molar-refractivity contribution is 5.38. The van der Waals surface area contributed by atoms with Gasteiger partial charge in [-0.1, -0.05) is 25.3 Å². The van der Waals surface area contributed by atoms with Crippen LogP contribution in [-0.4, -0.2) is 24.6 Å². The molecule has 3 heteroatoms. The van der Waals surface area contributed by atoms with Gasteiger partial charge >= 0.3 is 0 Å². The summed E-state index contributed by atoms with van der Waals surface area (Å²) in [4.78, 5) is 7.15. The van der Waals surface area contributed by atoms with Gasteiger partial charge in [0.25, 0.3) is 0 Å². The first kappa shape index (κ1) is 13.9. The van der Waals surface area contributed by atoms with E-state index in [-0.39, 0.29) is 0 Å². The number of nitrogens with one attached hydrogen (secondary N) is 1. The van der Waals surface area contributed by atoms with E-state index in [1.165, 1.54) is 50.6 Å². The lowest BCUT2D eigenvalue weighted by Crippen LogP contribution is -2.28. The molecular formula is C17H27N3. The second kappa shape index (κ2) is 6.57. The average molecular weight is 273 g/mol. The maximum Gasteiger partial charge on any atom is 0.128 e. The van der Waals surface area contributed by atoms with Crippen molar-refractivity contribution >= 4 is 5.82 Å². The first-order chi connectivity index (χ1) is 9.81. The van der Waals surface area contributed by atoms with Crippen LogP contribution >= 0.6 is 0 Å². The molecule has 2 saturated carbocycles. The molecule has 2 aliphatic rings. The van der Waals surface area contributed by atoms with Crippen molar-refractivity contribution < 1.29 is 0 Å². The van der Waals surface area contributed by atoms with Crippen molar-refractivity contribution in [2.45, 2.75) is 57.5 Å². The fraction of sp³-hybridized carbons (Fsp3) is 0.706. The summed E-state index contributed by atoms with van der Waals surface area (Å²) in [7, 11) is 2.19. The summed E-state index contributed by atoms with van der Waals surface area (Å²) in [5, 5.41) is 3.54. The fourth-order valence-corrected chi connectivity index (χ4v) is 3.16. The van der Waals surface area contributed by atoms with Crippen molar-refractivity contribution in [3.8, 4) is 0 Å². The summed E-state index contributed by atoms with van der Waals surface area (Å²) < 4.78 is 0. The predicted molar refractivity (Wildman–Crippen MR) is 83.9 cm³/mol. The molecule has 20 heavy (non-hydrogen) atoms. The van der Waals surface area contributed by atoms with E-state index in [1.807, 2.05) is 0 Å². The van der Waals surface area contributed by atoms with Gasteiger partial charge in [-0.15, -0.1) is 0 Å². The average Bonchev–Trinajstić information content (AvgIpc) is 3.31. The molecule has 0 aromatic carbocycles. The van der Waals surface area contributed by atoms with Crippen molar-refractivity contribution in [2.24, 2.45) is 5.92 Å². The molecule has 0 aliphatic heterocycles. The van der Waals surface area contributed by atoms with E-state index in [2.05, 4.69) is 35.5 Å². The van der Waals surface area contributed by atoms with E-state index >= 15 is 0 Å². The van der Waals surface area contributed by atoms with E-state index < -0.39 is 0 Å². The second-order valence-electron chi connectivity index (χ2n) is 6.53. The molecule has 3 rings (SSSR count). The molecule has 0 bridgehead atoms. The lowest BCUT2D eigenvalue weighted by molar-refractivity contribution is 0.361. The van der Waals surface area contributed by atoms with Crippen molar-refractivity contribution in [3.05, 3.63) is 23.9 Å². The first-order valence-corrected chi connectivity index (χ1v) is 8.22. The summed E-state index contributed by atoms with van der Waals surface area (Å²) in [5.74, 6) is 1.99. The molecule has 1 aromatic heterocycles. The Morgan fingerprint density at radius 3 is 2.70 bits per heavy atom. The van der Waals surface area contributed by atoms with Crippen molar-refractivity contribution in [1.82, 2.24) is 10.3 Å². The number of rotatable bonds is 6.